The molecule has 0 bridgehead atoms. The molecule has 6 aromatic heterocycles. The SMILES string of the molecule is CC1(C)OB(C2=CCC3(CC2)OCCO3)OC1(C)C.O=C(c1nc(-c2cn(S(=O)(=O)c3ccccc3)c3ncc(Br)cc23)cs1)N1CCCCC1.O=C(c1nc(-c2cn(S(=O)(=O)c3ccccc3)c3ncc(C4=CCC5(CC4)OCCO5)cc23)cs1)N1CCCCC1.[Cl][Pd][Cl].c1ccc(P(c2ccccc2)c2ccccc2)cc1.c1ccc(P(c2ccccc2)c2ccccc2)cc1. The molecule has 0 N–H and O–H groups in total. The molecule has 14 aromatic rings. The smallest absolute Gasteiger partial charge is 0.0134 e. The van der Waals surface area contributed by atoms with Gasteiger partial charge in [-0.25, -0.2) is 44.7 Å². The van der Waals surface area contributed by atoms with Crippen molar-refractivity contribution in [1.29, 1.82) is 0 Å². The van der Waals surface area contributed by atoms with E-state index in [4.69, 9.17) is 52.3 Å². The first-order valence-electron chi connectivity index (χ1n) is 44.4. The minimum atomic E-state index is -3.93. The Balaban J connectivity index is 0.000000125. The summed E-state index contributed by atoms with van der Waals surface area (Å²) in [6.45, 7) is 13.9. The number of hydrogen-bond acceptors (Lipinski definition) is 18. The first kappa shape index (κ1) is 97.2. The monoisotopic (exact) mass is 2090 g/mol. The van der Waals surface area contributed by atoms with E-state index < -0.39 is 41.7 Å². The van der Waals surface area contributed by atoms with Gasteiger partial charge in [0.15, 0.2) is 32.9 Å². The van der Waals surface area contributed by atoms with E-state index in [1.807, 2.05) is 27.3 Å². The molecule has 21 rings (SSSR count). The molecular formula is C102H102BBrCl2N8O12P2PdS4. The Morgan fingerprint density at radius 3 is 1.12 bits per heavy atom. The summed E-state index contributed by atoms with van der Waals surface area (Å²) >= 11 is 5.89. The third-order valence-corrected chi connectivity index (χ3v) is 34.9. The van der Waals surface area contributed by atoms with E-state index in [1.165, 1.54) is 74.1 Å². The number of pyridine rings is 2. The summed E-state index contributed by atoms with van der Waals surface area (Å²) in [5, 5.41) is 14.1. The van der Waals surface area contributed by atoms with E-state index in [0.717, 1.165) is 112 Å². The van der Waals surface area contributed by atoms with Crippen LogP contribution in [-0.2, 0) is 64.2 Å². The zero-order chi connectivity index (χ0) is 92.6. The molecule has 7 aliphatic rings. The summed E-state index contributed by atoms with van der Waals surface area (Å²) in [7, 11) is 0.739. The van der Waals surface area contributed by atoms with E-state index in [-0.39, 0.29) is 61.7 Å². The van der Waals surface area contributed by atoms with Crippen LogP contribution in [-0.4, -0.2) is 149 Å². The van der Waals surface area contributed by atoms with Crippen molar-refractivity contribution in [2.75, 3.05) is 52.6 Å². The van der Waals surface area contributed by atoms with Crippen molar-refractivity contribution in [2.45, 2.75) is 137 Å². The Hall–Kier alpha value is -8.87. The average molecular weight is 2090 g/mol. The molecule has 5 saturated heterocycles. The van der Waals surface area contributed by atoms with Crippen molar-refractivity contribution in [1.82, 2.24) is 37.7 Å². The van der Waals surface area contributed by atoms with Crippen LogP contribution >= 0.6 is 73.5 Å². The van der Waals surface area contributed by atoms with Gasteiger partial charge < -0.3 is 38.1 Å². The number of piperidine rings is 2. The van der Waals surface area contributed by atoms with Gasteiger partial charge in [0.1, 0.15) is 0 Å². The summed E-state index contributed by atoms with van der Waals surface area (Å²) in [4.78, 5) is 48.4. The van der Waals surface area contributed by atoms with Crippen LogP contribution in [0.2, 0.25) is 0 Å². The number of likely N-dealkylation sites (tertiary alicyclic amines) is 2. The summed E-state index contributed by atoms with van der Waals surface area (Å²) < 4.78 is 92.7. The Bertz CT molecular complexity index is 6260. The minimum absolute atomic E-state index is 0.0686. The second-order valence-corrected chi connectivity index (χ2v) is 46.7. The number of carbonyl (C=O) groups excluding carboxylic acids is 2. The summed E-state index contributed by atoms with van der Waals surface area (Å²) in [5.74, 6) is -1.04. The van der Waals surface area contributed by atoms with Crippen molar-refractivity contribution in [2.24, 2.45) is 0 Å². The fraction of sp³-hybridized carbons (Fsp3) is 0.275. The number of carbonyl (C=O) groups is 2. The number of rotatable bonds is 16. The molecule has 5 aliphatic heterocycles. The first-order chi connectivity index (χ1) is 64.5. The van der Waals surface area contributed by atoms with Gasteiger partial charge in [0, 0.05) is 114 Å². The van der Waals surface area contributed by atoms with Gasteiger partial charge in [-0.2, -0.15) is 0 Å². The molecule has 5 fully saturated rings. The zero-order valence-corrected chi connectivity index (χ0v) is 83.7. The van der Waals surface area contributed by atoms with Crippen molar-refractivity contribution in [3.63, 3.8) is 0 Å². The van der Waals surface area contributed by atoms with E-state index in [0.29, 0.717) is 87.4 Å². The second-order valence-electron chi connectivity index (χ2n) is 33.7. The molecule has 20 nitrogen and oxygen atoms in total. The van der Waals surface area contributed by atoms with Crippen LogP contribution in [0.4, 0.5) is 0 Å². The van der Waals surface area contributed by atoms with Gasteiger partial charge in [0.25, 0.3) is 31.9 Å². The van der Waals surface area contributed by atoms with E-state index in [2.05, 4.69) is 253 Å². The quantitative estimate of drug-likeness (QED) is 0.0647. The van der Waals surface area contributed by atoms with Crippen molar-refractivity contribution >= 4 is 172 Å². The summed E-state index contributed by atoms with van der Waals surface area (Å²) in [6, 6.07) is 85.0. The normalized spacial score (nSPS) is 17.2. The van der Waals surface area contributed by atoms with Gasteiger partial charge in [-0.1, -0.05) is 231 Å². The molecule has 0 unspecified atom stereocenters. The van der Waals surface area contributed by atoms with Gasteiger partial charge in [-0.15, -0.1) is 22.7 Å². The van der Waals surface area contributed by atoms with Crippen LogP contribution < -0.4 is 31.8 Å². The molecule has 0 saturated carbocycles. The van der Waals surface area contributed by atoms with Crippen LogP contribution in [0.25, 0.3) is 50.2 Å². The minimum Gasteiger partial charge on any atom is -0.0622 e. The van der Waals surface area contributed by atoms with E-state index in [1.54, 1.807) is 84.6 Å². The number of ether oxygens (including phenoxy) is 4. The Morgan fingerprint density at radius 2 is 0.782 bits per heavy atom. The van der Waals surface area contributed by atoms with Gasteiger partial charge in [0.05, 0.1) is 58.8 Å². The number of aromatic nitrogens is 6. The van der Waals surface area contributed by atoms with Gasteiger partial charge >= 0.3 is 42.1 Å². The molecule has 2 spiro atoms. The Labute approximate surface area is 813 Å². The third-order valence-electron chi connectivity index (χ3n) is 24.5. The van der Waals surface area contributed by atoms with Crippen molar-refractivity contribution < 1.29 is 70.6 Å². The fourth-order valence-electron chi connectivity index (χ4n) is 16.9. The fourth-order valence-corrected chi connectivity index (χ4v) is 26.1. The number of allylic oxidation sites excluding steroid dienone is 2. The van der Waals surface area contributed by atoms with Crippen LogP contribution in [0, 0.1) is 0 Å². The molecule has 2 amide bonds. The number of halogens is 3. The third kappa shape index (κ3) is 23.0. The maximum Gasteiger partial charge on any atom is -0.0134 e. The number of nitrogens with zero attached hydrogens (tertiary/aromatic N) is 8. The van der Waals surface area contributed by atoms with Crippen molar-refractivity contribution in [3.8, 4) is 22.5 Å². The molecule has 8 aromatic carbocycles. The first-order valence-corrected chi connectivity index (χ1v) is 56.5. The summed E-state index contributed by atoms with van der Waals surface area (Å²) in [6.07, 6.45) is 21.8. The number of fused-ring (bicyclic) bond motifs is 2. The number of benzene rings is 8. The van der Waals surface area contributed by atoms with Crippen molar-refractivity contribution in [3.05, 3.63) is 328 Å². The largest absolute Gasteiger partial charge is 0.0622 e. The van der Waals surface area contributed by atoms with Gasteiger partial charge in [0.2, 0.25) is 0 Å². The molecule has 2 aliphatic carbocycles. The topological polar surface area (TPSA) is 226 Å². The maximum absolute atomic E-state index is 13.7. The zero-order valence-electron chi connectivity index (χ0n) is 74.0. The molecule has 0 atom stereocenters. The maximum atomic E-state index is 13.7. The Morgan fingerprint density at radius 1 is 0.451 bits per heavy atom. The molecule has 133 heavy (non-hydrogen) atoms. The Kier molecular flexibility index (Phi) is 32.5. The second kappa shape index (κ2) is 44.5. The molecular weight excluding hydrogens is 1990 g/mol. The summed E-state index contributed by atoms with van der Waals surface area (Å²) in [5.41, 5.74) is 5.71. The predicted octanol–water partition coefficient (Wildman–Crippen LogP) is 20.9. The average Bonchev–Trinajstić information content (AvgIpc) is 1.60. The van der Waals surface area contributed by atoms with Crippen LogP contribution in [0.15, 0.2) is 322 Å². The molecule has 11 heterocycles. The van der Waals surface area contributed by atoms with Crippen LogP contribution in [0.3, 0.4) is 0 Å². The van der Waals surface area contributed by atoms with Gasteiger partial charge in [-0.3, -0.25) is 9.59 Å². The van der Waals surface area contributed by atoms with Gasteiger partial charge in [-0.05, 0) is 196 Å². The molecule has 0 radical (unpaired) electrons. The number of thiazole rings is 2. The van der Waals surface area contributed by atoms with Crippen LogP contribution in [0.5, 0.6) is 0 Å². The van der Waals surface area contributed by atoms with E-state index >= 15 is 0 Å². The molecule has 690 valence electrons. The number of hydrogen-bond donors (Lipinski definition) is 0. The number of amides is 2. The standard InChI is InChI=1S/C30H30N4O5S2.C22H19BrN4O3S2.2C18H15P.C14H23BO4.2ClH.Pd/c35-29(33-13-5-2-6-14-33)28-32-26(20-40-28)25-19-34(41(36,37)23-7-3-1-4-8-23)27-24(25)17-22(18-31-27)21-9-11-30(12-10-21)38-15-16-39-30;23-15-11-17-18(19-14-31-21(25-19)22(28)26-9-5-2-6-10-26)13-27(20(17)24-12-15)32(29,30)16-7-3-1-4-8-16;2*1-4-10-16(11-5-1)19(17-12-6-2-7-13-17)18-14-8-3-9-15-18;1-12(2)13(3,4)19-15(18-12)11-5-7-14(8-6-11)16-9-10-17-14;;;/h1,3-4,7-9,17-20H,2,5-6,10-16H2;1,3-4,7-8,11-14H,2,5-6,9-10H2;2*1-15H;5H,6-10H2,1-4H3;2*1H;/q;;;;;;;+2/p-2. The van der Waals surface area contributed by atoms with Crippen LogP contribution in [0.1, 0.15) is 130 Å². The van der Waals surface area contributed by atoms with E-state index in [9.17, 15) is 26.4 Å². The molecule has 31 heteroatoms. The predicted molar refractivity (Wildman–Crippen MR) is 538 cm³/mol.